The van der Waals surface area contributed by atoms with Crippen molar-refractivity contribution in [2.24, 2.45) is 0 Å². The highest BCUT2D eigenvalue weighted by Crippen LogP contribution is 2.39. The number of carbonyl (C=O) groups is 2. The van der Waals surface area contributed by atoms with Crippen LogP contribution in [0.1, 0.15) is 21.3 Å². The summed E-state index contributed by atoms with van der Waals surface area (Å²) < 4.78 is 11.5. The molecule has 11 heteroatoms. The lowest BCUT2D eigenvalue weighted by atomic mass is 9.91. The summed E-state index contributed by atoms with van der Waals surface area (Å²) >= 11 is 1.25. The van der Waals surface area contributed by atoms with Crippen LogP contribution in [0.15, 0.2) is 47.0 Å². The number of tetrazole rings is 1. The van der Waals surface area contributed by atoms with Crippen molar-refractivity contribution in [1.82, 2.24) is 20.2 Å². The number of fused-ring (bicyclic) bond motifs is 1. The number of ketones is 1. The first kappa shape index (κ1) is 18.6. The van der Waals surface area contributed by atoms with Crippen LogP contribution in [0, 0.1) is 0 Å². The predicted molar refractivity (Wildman–Crippen MR) is 102 cm³/mol. The molecule has 0 fully saturated rings. The number of hydrogen-bond donors (Lipinski definition) is 2. The fourth-order valence-electron chi connectivity index (χ4n) is 3.10. The fourth-order valence-corrected chi connectivity index (χ4v) is 3.78. The van der Waals surface area contributed by atoms with E-state index in [1.165, 1.54) is 36.3 Å². The molecule has 0 amide bonds. The number of esters is 1. The number of ether oxygens (including phenoxy) is 2. The molecule has 2 aromatic heterocycles. The number of thiophene rings is 1. The Bertz CT molecular complexity index is 1120. The lowest BCUT2D eigenvalue weighted by Gasteiger charge is -2.28. The van der Waals surface area contributed by atoms with Gasteiger partial charge < -0.3 is 19.9 Å². The molecule has 0 spiro atoms. The third-order valence-corrected chi connectivity index (χ3v) is 5.28. The minimum atomic E-state index is -0.848. The number of allylic oxidation sites excluding steroid dienone is 1. The topological polar surface area (TPSA) is 128 Å². The largest absolute Gasteiger partial charge is 0.504 e. The van der Waals surface area contributed by atoms with Gasteiger partial charge in [-0.15, -0.1) is 11.3 Å². The van der Waals surface area contributed by atoms with Crippen molar-refractivity contribution < 1.29 is 24.2 Å². The monoisotopic (exact) mass is 413 g/mol. The molecular weight excluding hydrogens is 398 g/mol. The molecular formula is C18H15N5O5S. The highest BCUT2D eigenvalue weighted by molar-refractivity contribution is 7.12. The summed E-state index contributed by atoms with van der Waals surface area (Å²) in [6.07, 6.45) is 0. The highest BCUT2D eigenvalue weighted by atomic mass is 32.1. The number of anilines is 1. The first-order chi connectivity index (χ1) is 14.0. The van der Waals surface area contributed by atoms with E-state index in [0.29, 0.717) is 10.4 Å². The molecule has 0 saturated carbocycles. The molecule has 148 valence electrons. The minimum Gasteiger partial charge on any atom is -0.504 e. The number of nitrogens with one attached hydrogen (secondary N) is 1. The number of benzene rings is 1. The zero-order chi connectivity index (χ0) is 20.5. The Morgan fingerprint density at radius 2 is 2.10 bits per heavy atom. The zero-order valence-corrected chi connectivity index (χ0v) is 16.1. The molecule has 4 rings (SSSR count). The molecule has 10 nitrogen and oxygen atoms in total. The van der Waals surface area contributed by atoms with Crippen molar-refractivity contribution in [3.63, 3.8) is 0 Å². The van der Waals surface area contributed by atoms with Crippen LogP contribution in [0.2, 0.25) is 0 Å². The van der Waals surface area contributed by atoms with Gasteiger partial charge in [-0.3, -0.25) is 4.79 Å². The van der Waals surface area contributed by atoms with E-state index in [2.05, 4.69) is 20.8 Å². The molecule has 0 radical (unpaired) electrons. The molecule has 29 heavy (non-hydrogen) atoms. The van der Waals surface area contributed by atoms with Crippen molar-refractivity contribution in [1.29, 1.82) is 0 Å². The van der Waals surface area contributed by atoms with E-state index in [9.17, 15) is 14.7 Å². The van der Waals surface area contributed by atoms with Crippen molar-refractivity contribution in [3.05, 3.63) is 57.4 Å². The molecule has 1 unspecified atom stereocenters. The number of methoxy groups -OCH3 is 2. The van der Waals surface area contributed by atoms with Gasteiger partial charge in [0, 0.05) is 0 Å². The molecule has 1 aromatic carbocycles. The maximum atomic E-state index is 13.4. The number of phenols is 1. The van der Waals surface area contributed by atoms with Crippen molar-refractivity contribution in [2.75, 3.05) is 19.5 Å². The van der Waals surface area contributed by atoms with E-state index < -0.39 is 12.0 Å². The minimum absolute atomic E-state index is 0.0507. The zero-order valence-electron chi connectivity index (χ0n) is 15.3. The lowest BCUT2D eigenvalue weighted by Crippen LogP contribution is -2.32. The molecule has 3 heterocycles. The van der Waals surface area contributed by atoms with Gasteiger partial charge in [-0.05, 0) is 39.6 Å². The van der Waals surface area contributed by atoms with Gasteiger partial charge in [0.05, 0.1) is 24.7 Å². The summed E-state index contributed by atoms with van der Waals surface area (Å²) in [5.74, 6) is -0.783. The van der Waals surface area contributed by atoms with Crippen LogP contribution in [-0.4, -0.2) is 51.3 Å². The van der Waals surface area contributed by atoms with E-state index in [0.717, 1.165) is 0 Å². The van der Waals surface area contributed by atoms with Gasteiger partial charge >= 0.3 is 5.97 Å². The fraction of sp³-hybridized carbons (Fsp3) is 0.167. The number of hydrogen-bond acceptors (Lipinski definition) is 10. The Hall–Kier alpha value is -3.73. The third kappa shape index (κ3) is 3.10. The Labute approximate surface area is 168 Å². The number of Topliss-reactive ketones (excluding diaryl/α,β-unsaturated/α-hetero) is 1. The van der Waals surface area contributed by atoms with Gasteiger partial charge in [-0.25, -0.2) is 4.79 Å². The quantitative estimate of drug-likeness (QED) is 0.475. The smallest absolute Gasteiger partial charge is 0.355 e. The number of carbonyl (C=O) groups excluding carboxylic acids is 2. The maximum absolute atomic E-state index is 13.4. The van der Waals surface area contributed by atoms with Crippen LogP contribution in [0.25, 0.3) is 0 Å². The van der Waals surface area contributed by atoms with E-state index in [-0.39, 0.29) is 34.5 Å². The molecule has 1 aliphatic rings. The van der Waals surface area contributed by atoms with Crippen LogP contribution >= 0.6 is 11.3 Å². The van der Waals surface area contributed by atoms with E-state index in [1.807, 2.05) is 0 Å². The summed E-state index contributed by atoms with van der Waals surface area (Å²) in [4.78, 5) is 26.3. The number of rotatable bonds is 5. The Morgan fingerprint density at radius 3 is 2.79 bits per heavy atom. The normalized spacial score (nSPS) is 15.4. The highest BCUT2D eigenvalue weighted by Gasteiger charge is 2.39. The number of aromatic nitrogens is 4. The maximum Gasteiger partial charge on any atom is 0.355 e. The van der Waals surface area contributed by atoms with Gasteiger partial charge in [0.2, 0.25) is 11.7 Å². The van der Waals surface area contributed by atoms with Crippen molar-refractivity contribution in [2.45, 2.75) is 6.04 Å². The Morgan fingerprint density at radius 1 is 1.28 bits per heavy atom. The predicted octanol–water partition coefficient (Wildman–Crippen LogP) is 1.77. The SMILES string of the molecule is COC(=O)C1=C(C(=O)c2cccs2)C(c2ccc(O)c(OC)c2)n2nnnc2N1. The van der Waals surface area contributed by atoms with Crippen molar-refractivity contribution >= 4 is 29.0 Å². The average molecular weight is 413 g/mol. The van der Waals surface area contributed by atoms with Gasteiger partial charge in [-0.1, -0.05) is 17.2 Å². The Balaban J connectivity index is 1.97. The molecule has 2 N–H and O–H groups in total. The second kappa shape index (κ2) is 7.36. The Kier molecular flexibility index (Phi) is 4.72. The van der Waals surface area contributed by atoms with E-state index in [1.54, 1.807) is 29.6 Å². The van der Waals surface area contributed by atoms with Crippen LogP contribution < -0.4 is 10.1 Å². The van der Waals surface area contributed by atoms with Gasteiger partial charge in [0.1, 0.15) is 11.7 Å². The van der Waals surface area contributed by atoms with Crippen LogP contribution in [-0.2, 0) is 9.53 Å². The van der Waals surface area contributed by atoms with Gasteiger partial charge in [0.25, 0.3) is 0 Å². The summed E-state index contributed by atoms with van der Waals surface area (Å²) in [7, 11) is 2.64. The molecule has 0 saturated heterocycles. The van der Waals surface area contributed by atoms with Gasteiger partial charge in [-0.2, -0.15) is 4.68 Å². The molecule has 3 aromatic rings. The van der Waals surface area contributed by atoms with Gasteiger partial charge in [0.15, 0.2) is 11.5 Å². The summed E-state index contributed by atoms with van der Waals surface area (Å²) in [5.41, 5.74) is 0.605. The molecule has 0 bridgehead atoms. The standard InChI is InChI=1S/C18H15N5O5S/c1-27-11-8-9(5-6-10(11)24)15-13(16(25)12-4-3-7-29-12)14(17(26)28-2)19-18-20-21-22-23(15)18/h3-8,15,24H,1-2H3,(H,19,20,22). The summed E-state index contributed by atoms with van der Waals surface area (Å²) in [6.45, 7) is 0. The second-order valence-corrected chi connectivity index (χ2v) is 6.94. The first-order valence-corrected chi connectivity index (χ1v) is 9.25. The van der Waals surface area contributed by atoms with Crippen molar-refractivity contribution in [3.8, 4) is 11.5 Å². The van der Waals surface area contributed by atoms with E-state index in [4.69, 9.17) is 9.47 Å². The number of nitrogens with zero attached hydrogens (tertiary/aromatic N) is 4. The van der Waals surface area contributed by atoms with E-state index >= 15 is 0 Å². The molecule has 0 aliphatic carbocycles. The van der Waals surface area contributed by atoms with Crippen LogP contribution in [0.4, 0.5) is 5.95 Å². The summed E-state index contributed by atoms with van der Waals surface area (Å²) in [5, 5.41) is 26.0. The lowest BCUT2D eigenvalue weighted by molar-refractivity contribution is -0.136. The van der Waals surface area contributed by atoms with Crippen LogP contribution in [0.5, 0.6) is 11.5 Å². The first-order valence-electron chi connectivity index (χ1n) is 8.37. The second-order valence-electron chi connectivity index (χ2n) is 5.99. The molecule has 1 atom stereocenters. The molecule has 1 aliphatic heterocycles. The number of aromatic hydroxyl groups is 1. The summed E-state index contributed by atoms with van der Waals surface area (Å²) in [6, 6.07) is 7.17. The average Bonchev–Trinajstić information content (AvgIpc) is 3.43. The number of phenolic OH excluding ortho intramolecular Hbond substituents is 1. The van der Waals surface area contributed by atoms with Crippen LogP contribution in [0.3, 0.4) is 0 Å². The third-order valence-electron chi connectivity index (χ3n) is 4.42.